The summed E-state index contributed by atoms with van der Waals surface area (Å²) in [6.45, 7) is 6.77. The second-order valence-corrected chi connectivity index (χ2v) is 9.01. The highest BCUT2D eigenvalue weighted by Gasteiger charge is 2.12. The van der Waals surface area contributed by atoms with Crippen molar-refractivity contribution in [1.29, 1.82) is 0 Å². The van der Waals surface area contributed by atoms with Crippen LogP contribution in [0.25, 0.3) is 0 Å². The molecule has 0 fully saturated rings. The Morgan fingerprint density at radius 1 is 0.818 bits per heavy atom. The Hall–Kier alpha value is 0.650. The highest BCUT2D eigenvalue weighted by Crippen LogP contribution is 2.47. The molecule has 0 radical (unpaired) electrons. The molecule has 0 saturated heterocycles. The zero-order valence-corrected chi connectivity index (χ0v) is 9.81. The topological polar surface area (TPSA) is 0 Å². The summed E-state index contributed by atoms with van der Waals surface area (Å²) in [5, 5.41) is 0. The van der Waals surface area contributed by atoms with Gasteiger partial charge in [0.05, 0.1) is 0 Å². The molecule has 0 aromatic carbocycles. The summed E-state index contributed by atoms with van der Waals surface area (Å²) in [6, 6.07) is -0.886. The molecule has 0 aliphatic carbocycles. The van der Waals surface area contributed by atoms with E-state index in [2.05, 4.69) is 20.8 Å². The van der Waals surface area contributed by atoms with Crippen molar-refractivity contribution in [3.8, 4) is 0 Å². The molecule has 0 amide bonds. The molecule has 0 aliphatic heterocycles. The second kappa shape index (κ2) is 6.20. The van der Waals surface area contributed by atoms with Gasteiger partial charge in [-0.15, -0.1) is 0 Å². The van der Waals surface area contributed by atoms with E-state index in [1.54, 1.807) is 0 Å². The van der Waals surface area contributed by atoms with Crippen LogP contribution in [0.2, 0.25) is 0 Å². The van der Waals surface area contributed by atoms with Crippen LogP contribution in [-0.2, 0) is 11.8 Å². The number of rotatable bonds is 6. The van der Waals surface area contributed by atoms with Gasteiger partial charge in [0.1, 0.15) is 0 Å². The van der Waals surface area contributed by atoms with Crippen LogP contribution in [0.4, 0.5) is 0 Å². The lowest BCUT2D eigenvalue weighted by Gasteiger charge is -2.19. The van der Waals surface area contributed by atoms with Crippen LogP contribution >= 0.6 is 6.04 Å². The monoisotopic (exact) mass is 192 g/mol. The maximum absolute atomic E-state index is 5.71. The molecule has 68 valence electrons. The highest BCUT2D eigenvalue weighted by molar-refractivity contribution is 8.14. The molecule has 2 heteroatoms. The molecule has 11 heavy (non-hydrogen) atoms. The van der Waals surface area contributed by atoms with Gasteiger partial charge in [-0.25, -0.2) is 0 Å². The summed E-state index contributed by atoms with van der Waals surface area (Å²) >= 11 is 5.71. The van der Waals surface area contributed by atoms with Crippen molar-refractivity contribution in [3.63, 3.8) is 0 Å². The van der Waals surface area contributed by atoms with Crippen LogP contribution in [0.5, 0.6) is 0 Å². The summed E-state index contributed by atoms with van der Waals surface area (Å²) in [7, 11) is 0. The summed E-state index contributed by atoms with van der Waals surface area (Å²) < 4.78 is 0. The maximum atomic E-state index is 5.71. The smallest absolute Gasteiger partial charge is 0.0237 e. The van der Waals surface area contributed by atoms with Crippen molar-refractivity contribution in [3.05, 3.63) is 0 Å². The molecule has 0 atom stereocenters. The van der Waals surface area contributed by atoms with E-state index in [4.69, 9.17) is 11.8 Å². The van der Waals surface area contributed by atoms with Crippen LogP contribution in [-0.4, -0.2) is 18.5 Å². The van der Waals surface area contributed by atoms with Gasteiger partial charge in [-0.3, -0.25) is 0 Å². The average Bonchev–Trinajstić information content (AvgIpc) is 1.88. The van der Waals surface area contributed by atoms with E-state index in [-0.39, 0.29) is 0 Å². The van der Waals surface area contributed by atoms with Crippen LogP contribution < -0.4 is 0 Å². The molecule has 0 N–H and O–H groups in total. The Labute approximate surface area is 76.8 Å². The third kappa shape index (κ3) is 4.98. The summed E-state index contributed by atoms with van der Waals surface area (Å²) in [5.74, 6) is 0. The fourth-order valence-corrected chi connectivity index (χ4v) is 6.32. The molecule has 0 unspecified atom stereocenters. The van der Waals surface area contributed by atoms with Gasteiger partial charge in [-0.2, -0.15) is 0 Å². The number of hydrogen-bond donors (Lipinski definition) is 0. The van der Waals surface area contributed by atoms with Crippen LogP contribution in [0.15, 0.2) is 0 Å². The zero-order chi connectivity index (χ0) is 8.74. The van der Waals surface area contributed by atoms with Gasteiger partial charge in [0.15, 0.2) is 0 Å². The molecule has 0 heterocycles. The Kier molecular flexibility index (Phi) is 6.56. The van der Waals surface area contributed by atoms with Gasteiger partial charge >= 0.3 is 0 Å². The minimum atomic E-state index is -0.886. The molecule has 0 aromatic heterocycles. The molecule has 0 aliphatic rings. The van der Waals surface area contributed by atoms with E-state index in [1.165, 1.54) is 37.7 Å². The molecular weight excluding hydrogens is 171 g/mol. The van der Waals surface area contributed by atoms with Crippen molar-refractivity contribution in [1.82, 2.24) is 0 Å². The Bertz CT molecular complexity index is 108. The zero-order valence-electron chi connectivity index (χ0n) is 8.10. The largest absolute Gasteiger partial charge is 0.0975 e. The van der Waals surface area contributed by atoms with Gasteiger partial charge < -0.3 is 0 Å². The van der Waals surface area contributed by atoms with Gasteiger partial charge in [0, 0.05) is 0 Å². The van der Waals surface area contributed by atoms with Crippen molar-refractivity contribution in [2.24, 2.45) is 0 Å². The van der Waals surface area contributed by atoms with E-state index in [0.29, 0.717) is 0 Å². The fraction of sp³-hybridized carbons (Fsp3) is 1.00. The van der Waals surface area contributed by atoms with Crippen molar-refractivity contribution < 1.29 is 0 Å². The molecule has 0 saturated carbocycles. The fourth-order valence-electron chi connectivity index (χ4n) is 1.56. The van der Waals surface area contributed by atoms with E-state index in [0.717, 1.165) is 0 Å². The summed E-state index contributed by atoms with van der Waals surface area (Å²) in [6.07, 6.45) is 7.88. The van der Waals surface area contributed by atoms with E-state index in [1.807, 2.05) is 0 Å². The Balaban J connectivity index is 3.91. The lowest BCUT2D eigenvalue weighted by molar-refractivity contribution is 1.02. The quantitative estimate of drug-likeness (QED) is 0.578. The average molecular weight is 192 g/mol. The predicted octanol–water partition coefficient (Wildman–Crippen LogP) is 3.70. The van der Waals surface area contributed by atoms with E-state index < -0.39 is 6.04 Å². The SMILES string of the molecule is CCCP(=S)(CCC)CCC. The lowest BCUT2D eigenvalue weighted by atomic mass is 10.6. The van der Waals surface area contributed by atoms with Crippen molar-refractivity contribution in [2.75, 3.05) is 18.5 Å². The van der Waals surface area contributed by atoms with Crippen LogP contribution in [0.3, 0.4) is 0 Å². The summed E-state index contributed by atoms with van der Waals surface area (Å²) in [5.41, 5.74) is 0. The van der Waals surface area contributed by atoms with Crippen LogP contribution in [0.1, 0.15) is 40.0 Å². The highest BCUT2D eigenvalue weighted by atomic mass is 32.4. The van der Waals surface area contributed by atoms with Gasteiger partial charge in [0.2, 0.25) is 0 Å². The second-order valence-electron chi connectivity index (χ2n) is 3.23. The van der Waals surface area contributed by atoms with E-state index in [9.17, 15) is 0 Å². The first-order chi connectivity index (χ1) is 5.18. The van der Waals surface area contributed by atoms with Crippen molar-refractivity contribution in [2.45, 2.75) is 40.0 Å². The standard InChI is InChI=1S/C9H21PS/c1-4-7-10(11,8-5-2)9-6-3/h4-9H2,1-3H3. The molecule has 0 spiro atoms. The Morgan fingerprint density at radius 3 is 1.27 bits per heavy atom. The van der Waals surface area contributed by atoms with Gasteiger partial charge in [-0.05, 0) is 24.5 Å². The predicted molar refractivity (Wildman–Crippen MR) is 59.8 cm³/mol. The number of hydrogen-bond acceptors (Lipinski definition) is 1. The molecule has 0 nitrogen and oxygen atoms in total. The van der Waals surface area contributed by atoms with Gasteiger partial charge in [-0.1, -0.05) is 51.8 Å². The lowest BCUT2D eigenvalue weighted by Crippen LogP contribution is -1.97. The maximum Gasteiger partial charge on any atom is -0.0237 e. The third-order valence-electron chi connectivity index (χ3n) is 1.89. The molecular formula is C9H21PS. The van der Waals surface area contributed by atoms with Crippen molar-refractivity contribution >= 4 is 17.8 Å². The van der Waals surface area contributed by atoms with E-state index >= 15 is 0 Å². The Morgan fingerprint density at radius 2 is 1.09 bits per heavy atom. The third-order valence-corrected chi connectivity index (χ3v) is 7.32. The molecule has 0 bridgehead atoms. The first-order valence-corrected chi connectivity index (χ1v) is 8.11. The minimum Gasteiger partial charge on any atom is -0.0975 e. The first kappa shape index (κ1) is 11.6. The van der Waals surface area contributed by atoms with Crippen LogP contribution in [0, 0.1) is 0 Å². The normalized spacial score (nSPS) is 11.9. The minimum absolute atomic E-state index is 0.886. The van der Waals surface area contributed by atoms with Gasteiger partial charge in [0.25, 0.3) is 0 Å². The molecule has 0 rings (SSSR count). The first-order valence-electron chi connectivity index (χ1n) is 4.75. The summed E-state index contributed by atoms with van der Waals surface area (Å²) in [4.78, 5) is 0. The molecule has 0 aromatic rings.